The van der Waals surface area contributed by atoms with Gasteiger partial charge in [0.1, 0.15) is 5.76 Å². The molecule has 0 aliphatic carbocycles. The monoisotopic (exact) mass is 438 g/mol. The van der Waals surface area contributed by atoms with Crippen LogP contribution >= 0.6 is 0 Å². The number of non-ortho nitro benzene ring substituents is 1. The second-order valence-corrected chi connectivity index (χ2v) is 7.98. The number of Topliss-reactive ketones (excluding diaryl/α,β-unsaturated/α-hetero) is 1. The smallest absolute Gasteiger partial charge is 0.295 e. The van der Waals surface area contributed by atoms with E-state index in [2.05, 4.69) is 0 Å². The number of aliphatic hydroxyl groups excluding tert-OH is 1. The molecule has 1 saturated heterocycles. The molecule has 1 amide bonds. The lowest BCUT2D eigenvalue weighted by Gasteiger charge is -2.25. The van der Waals surface area contributed by atoms with Gasteiger partial charge in [-0.05, 0) is 32.8 Å². The zero-order chi connectivity index (χ0) is 23.4. The van der Waals surface area contributed by atoms with Crippen molar-refractivity contribution in [1.82, 2.24) is 4.90 Å². The first kappa shape index (κ1) is 23.1. The van der Waals surface area contributed by atoms with Crippen LogP contribution in [0.4, 0.5) is 5.69 Å². The number of aliphatic hydroxyl groups is 1. The van der Waals surface area contributed by atoms with Gasteiger partial charge in [-0.25, -0.2) is 0 Å². The van der Waals surface area contributed by atoms with Crippen molar-refractivity contribution < 1.29 is 24.4 Å². The maximum atomic E-state index is 13.0. The molecule has 1 atom stereocenters. The summed E-state index contributed by atoms with van der Waals surface area (Å²) in [5.74, 6) is -1.96. The molecule has 1 aliphatic rings. The number of hydrogen-bond donors (Lipinski definition) is 1. The molecule has 1 fully saturated rings. The molecule has 2 aromatic carbocycles. The third-order valence-electron chi connectivity index (χ3n) is 5.26. The first-order valence-corrected chi connectivity index (χ1v) is 10.4. The zero-order valence-corrected chi connectivity index (χ0v) is 18.3. The molecule has 1 N–H and O–H groups in total. The van der Waals surface area contributed by atoms with Gasteiger partial charge in [-0.3, -0.25) is 19.7 Å². The standard InChI is InChI=1S/C24H26N2O6/c1-15(2)32-13-5-12-25-21(17-10-8-16(3)9-11-17)20(23(28)24(25)29)22(27)18-6-4-7-19(14-18)26(30)31/h4,6-11,14-15,21,27H,5,12-13H2,1-3H3/t21-/m0/s1. The Balaban J connectivity index is 2.06. The van der Waals surface area contributed by atoms with E-state index in [0.29, 0.717) is 18.6 Å². The third-order valence-corrected chi connectivity index (χ3v) is 5.26. The van der Waals surface area contributed by atoms with Crippen molar-refractivity contribution in [3.63, 3.8) is 0 Å². The maximum absolute atomic E-state index is 13.0. The van der Waals surface area contributed by atoms with Crippen LogP contribution in [0.5, 0.6) is 0 Å². The van der Waals surface area contributed by atoms with Gasteiger partial charge in [-0.2, -0.15) is 0 Å². The summed E-state index contributed by atoms with van der Waals surface area (Å²) in [7, 11) is 0. The van der Waals surface area contributed by atoms with E-state index in [1.54, 1.807) is 0 Å². The van der Waals surface area contributed by atoms with Crippen molar-refractivity contribution in [2.24, 2.45) is 0 Å². The summed E-state index contributed by atoms with van der Waals surface area (Å²) in [6.45, 7) is 6.44. The summed E-state index contributed by atoms with van der Waals surface area (Å²) in [5, 5.41) is 22.1. The molecule has 2 aromatic rings. The van der Waals surface area contributed by atoms with Crippen molar-refractivity contribution in [2.75, 3.05) is 13.2 Å². The Morgan fingerprint density at radius 3 is 2.50 bits per heavy atom. The van der Waals surface area contributed by atoms with Gasteiger partial charge < -0.3 is 14.7 Å². The Bertz CT molecular complexity index is 1060. The van der Waals surface area contributed by atoms with Crippen molar-refractivity contribution in [3.8, 4) is 0 Å². The molecule has 0 saturated carbocycles. The highest BCUT2D eigenvalue weighted by Gasteiger charge is 2.45. The van der Waals surface area contributed by atoms with Gasteiger partial charge in [0.25, 0.3) is 17.4 Å². The number of ether oxygens (including phenoxy) is 1. The number of likely N-dealkylation sites (tertiary alicyclic amines) is 1. The summed E-state index contributed by atoms with van der Waals surface area (Å²) in [6, 6.07) is 11.9. The first-order valence-electron chi connectivity index (χ1n) is 10.4. The Hall–Kier alpha value is -3.52. The minimum atomic E-state index is -0.815. The van der Waals surface area contributed by atoms with Crippen LogP contribution in [-0.2, 0) is 14.3 Å². The second kappa shape index (κ2) is 9.74. The number of rotatable bonds is 8. The Morgan fingerprint density at radius 2 is 1.88 bits per heavy atom. The molecule has 0 aromatic heterocycles. The number of carbonyl (C=O) groups is 2. The molecule has 0 spiro atoms. The summed E-state index contributed by atoms with van der Waals surface area (Å²) >= 11 is 0. The number of nitro benzene ring substituents is 1. The second-order valence-electron chi connectivity index (χ2n) is 7.98. The fourth-order valence-electron chi connectivity index (χ4n) is 3.68. The molecule has 168 valence electrons. The van der Waals surface area contributed by atoms with Gasteiger partial charge in [-0.1, -0.05) is 42.0 Å². The van der Waals surface area contributed by atoms with E-state index in [0.717, 1.165) is 5.56 Å². The predicted octanol–water partition coefficient (Wildman–Crippen LogP) is 4.14. The Labute approximate surface area is 186 Å². The van der Waals surface area contributed by atoms with E-state index >= 15 is 0 Å². The quantitative estimate of drug-likeness (QED) is 0.166. The molecular formula is C24H26N2O6. The van der Waals surface area contributed by atoms with Crippen LogP contribution in [0.3, 0.4) is 0 Å². The van der Waals surface area contributed by atoms with Crippen LogP contribution in [0, 0.1) is 17.0 Å². The zero-order valence-electron chi connectivity index (χ0n) is 18.3. The highest BCUT2D eigenvalue weighted by atomic mass is 16.6. The van der Waals surface area contributed by atoms with Crippen LogP contribution in [-0.4, -0.2) is 45.9 Å². The van der Waals surface area contributed by atoms with Gasteiger partial charge in [0.05, 0.1) is 22.6 Å². The number of aryl methyl sites for hydroxylation is 1. The van der Waals surface area contributed by atoms with Crippen molar-refractivity contribution >= 4 is 23.1 Å². The predicted molar refractivity (Wildman–Crippen MR) is 119 cm³/mol. The number of carbonyl (C=O) groups excluding carboxylic acids is 2. The highest BCUT2D eigenvalue weighted by molar-refractivity contribution is 6.46. The largest absolute Gasteiger partial charge is 0.507 e. The van der Waals surface area contributed by atoms with Gasteiger partial charge >= 0.3 is 0 Å². The number of amides is 1. The SMILES string of the molecule is Cc1ccc([C@H]2C(=C(O)c3cccc([N+](=O)[O-])c3)C(=O)C(=O)N2CCCOC(C)C)cc1. The van der Waals surface area contributed by atoms with Gasteiger partial charge in [0.15, 0.2) is 0 Å². The number of hydrogen-bond acceptors (Lipinski definition) is 6. The minimum absolute atomic E-state index is 0.0483. The summed E-state index contributed by atoms with van der Waals surface area (Å²) in [4.78, 5) is 37.8. The van der Waals surface area contributed by atoms with Crippen LogP contribution in [0.25, 0.3) is 5.76 Å². The van der Waals surface area contributed by atoms with Crippen molar-refractivity contribution in [2.45, 2.75) is 39.3 Å². The summed E-state index contributed by atoms with van der Waals surface area (Å²) in [5.41, 5.74) is 1.49. The maximum Gasteiger partial charge on any atom is 0.295 e. The Kier molecular flexibility index (Phi) is 7.05. The average molecular weight is 438 g/mol. The van der Waals surface area contributed by atoms with Gasteiger partial charge in [0.2, 0.25) is 0 Å². The Morgan fingerprint density at radius 1 is 1.19 bits per heavy atom. The molecule has 0 bridgehead atoms. The lowest BCUT2D eigenvalue weighted by Crippen LogP contribution is -2.31. The van der Waals surface area contributed by atoms with E-state index in [1.165, 1.54) is 29.2 Å². The van der Waals surface area contributed by atoms with Crippen molar-refractivity contribution in [3.05, 3.63) is 80.9 Å². The van der Waals surface area contributed by atoms with Crippen LogP contribution in [0.1, 0.15) is 43.0 Å². The average Bonchev–Trinajstić information content (AvgIpc) is 3.01. The van der Waals surface area contributed by atoms with Crippen molar-refractivity contribution in [1.29, 1.82) is 0 Å². The minimum Gasteiger partial charge on any atom is -0.507 e. The lowest BCUT2D eigenvalue weighted by atomic mass is 9.94. The van der Waals surface area contributed by atoms with E-state index < -0.39 is 28.4 Å². The van der Waals surface area contributed by atoms with Gasteiger partial charge in [-0.15, -0.1) is 0 Å². The van der Waals surface area contributed by atoms with Crippen LogP contribution in [0.2, 0.25) is 0 Å². The molecule has 0 radical (unpaired) electrons. The van der Waals surface area contributed by atoms with Crippen LogP contribution in [0.15, 0.2) is 54.1 Å². The molecular weight excluding hydrogens is 412 g/mol. The molecule has 3 rings (SSSR count). The fraction of sp³-hybridized carbons (Fsp3) is 0.333. The van der Waals surface area contributed by atoms with E-state index in [1.807, 2.05) is 45.0 Å². The number of ketones is 1. The molecule has 32 heavy (non-hydrogen) atoms. The molecule has 8 nitrogen and oxygen atoms in total. The van der Waals surface area contributed by atoms with E-state index in [9.17, 15) is 24.8 Å². The fourth-order valence-corrected chi connectivity index (χ4v) is 3.68. The topological polar surface area (TPSA) is 110 Å². The summed E-state index contributed by atoms with van der Waals surface area (Å²) < 4.78 is 5.55. The number of benzene rings is 2. The summed E-state index contributed by atoms with van der Waals surface area (Å²) in [6.07, 6.45) is 0.567. The van der Waals surface area contributed by atoms with E-state index in [4.69, 9.17) is 4.74 Å². The molecule has 0 unspecified atom stereocenters. The normalized spacial score (nSPS) is 17.9. The number of nitrogens with zero attached hydrogens (tertiary/aromatic N) is 2. The van der Waals surface area contributed by atoms with Gasteiger partial charge in [0, 0.05) is 30.8 Å². The molecule has 1 heterocycles. The third kappa shape index (κ3) is 4.86. The van der Waals surface area contributed by atoms with Crippen LogP contribution < -0.4 is 0 Å². The molecule has 8 heteroatoms. The highest BCUT2D eigenvalue weighted by Crippen LogP contribution is 2.39. The molecule has 1 aliphatic heterocycles. The number of nitro groups is 1. The van der Waals surface area contributed by atoms with E-state index in [-0.39, 0.29) is 29.5 Å². The first-order chi connectivity index (χ1) is 15.2. The lowest BCUT2D eigenvalue weighted by molar-refractivity contribution is -0.384.